The van der Waals surface area contributed by atoms with Crippen molar-refractivity contribution in [2.24, 2.45) is 0 Å². The first-order valence-corrected chi connectivity index (χ1v) is 7.38. The molecule has 0 N–H and O–H groups in total. The van der Waals surface area contributed by atoms with Gasteiger partial charge in [0.2, 0.25) is 0 Å². The average molecular weight is 301 g/mol. The molecule has 0 radical (unpaired) electrons. The fourth-order valence-corrected chi connectivity index (χ4v) is 2.77. The van der Waals surface area contributed by atoms with Crippen molar-refractivity contribution in [3.05, 3.63) is 58.0 Å². The molecule has 1 aromatic carbocycles. The lowest BCUT2D eigenvalue weighted by atomic mass is 10.2. The number of aryl methyl sites for hydroxylation is 1. The lowest BCUT2D eigenvalue weighted by molar-refractivity contribution is -0.384. The Morgan fingerprint density at radius 1 is 1.14 bits per heavy atom. The van der Waals surface area contributed by atoms with Gasteiger partial charge in [-0.05, 0) is 25.1 Å². The predicted octanol–water partition coefficient (Wildman–Crippen LogP) is 2.82. The molecule has 22 heavy (non-hydrogen) atoms. The summed E-state index contributed by atoms with van der Waals surface area (Å²) in [5.74, 6) is 0.984. The average Bonchev–Trinajstić information content (AvgIpc) is 2.93. The van der Waals surface area contributed by atoms with E-state index in [1.165, 1.54) is 5.56 Å². The molecular weight excluding hydrogens is 282 g/mol. The van der Waals surface area contributed by atoms with Crippen molar-refractivity contribution < 1.29 is 9.34 Å². The minimum atomic E-state index is -0.366. The predicted molar refractivity (Wildman–Crippen MR) is 84.0 cm³/mol. The van der Waals surface area contributed by atoms with Gasteiger partial charge in [0, 0.05) is 56.1 Å². The summed E-state index contributed by atoms with van der Waals surface area (Å²) < 4.78 is 5.33. The van der Waals surface area contributed by atoms with E-state index in [-0.39, 0.29) is 10.6 Å². The highest BCUT2D eigenvalue weighted by Crippen LogP contribution is 2.21. The summed E-state index contributed by atoms with van der Waals surface area (Å²) in [6, 6.07) is 8.81. The number of anilines is 1. The number of nitro groups is 1. The number of nitrogens with zero attached hydrogens (tertiary/aromatic N) is 3. The van der Waals surface area contributed by atoms with Gasteiger partial charge >= 0.3 is 0 Å². The molecule has 1 saturated heterocycles. The van der Waals surface area contributed by atoms with E-state index in [0.29, 0.717) is 0 Å². The Kier molecular flexibility index (Phi) is 4.11. The maximum Gasteiger partial charge on any atom is 0.269 e. The molecule has 1 fully saturated rings. The van der Waals surface area contributed by atoms with Gasteiger partial charge in [-0.2, -0.15) is 0 Å². The SMILES string of the molecule is Cc1occc1CN1CCN(c2ccc([N+](=O)[O-])cc2)CC1. The second-order valence-electron chi connectivity index (χ2n) is 5.54. The maximum atomic E-state index is 10.7. The highest BCUT2D eigenvalue weighted by Gasteiger charge is 2.19. The number of hydrogen-bond acceptors (Lipinski definition) is 5. The van der Waals surface area contributed by atoms with Gasteiger partial charge in [-0.3, -0.25) is 15.0 Å². The van der Waals surface area contributed by atoms with Crippen LogP contribution in [0.5, 0.6) is 0 Å². The number of furan rings is 1. The minimum absolute atomic E-state index is 0.137. The van der Waals surface area contributed by atoms with E-state index in [4.69, 9.17) is 4.42 Å². The van der Waals surface area contributed by atoms with Crippen LogP contribution in [0.15, 0.2) is 41.0 Å². The third-order valence-electron chi connectivity index (χ3n) is 4.16. The van der Waals surface area contributed by atoms with Gasteiger partial charge < -0.3 is 9.32 Å². The Balaban J connectivity index is 1.57. The molecule has 0 atom stereocenters. The van der Waals surface area contributed by atoms with Crippen molar-refractivity contribution in [1.29, 1.82) is 0 Å². The van der Waals surface area contributed by atoms with Crippen LogP contribution in [0.3, 0.4) is 0 Å². The van der Waals surface area contributed by atoms with Crippen LogP contribution >= 0.6 is 0 Å². The van der Waals surface area contributed by atoms with Crippen LogP contribution in [-0.4, -0.2) is 36.0 Å². The van der Waals surface area contributed by atoms with E-state index in [1.807, 2.05) is 25.1 Å². The quantitative estimate of drug-likeness (QED) is 0.642. The van der Waals surface area contributed by atoms with E-state index < -0.39 is 0 Å². The van der Waals surface area contributed by atoms with E-state index >= 15 is 0 Å². The van der Waals surface area contributed by atoms with Crippen LogP contribution in [0.1, 0.15) is 11.3 Å². The molecule has 0 saturated carbocycles. The van der Waals surface area contributed by atoms with Crippen molar-refractivity contribution in [2.75, 3.05) is 31.1 Å². The zero-order valence-electron chi connectivity index (χ0n) is 12.6. The van der Waals surface area contributed by atoms with Crippen LogP contribution in [0.2, 0.25) is 0 Å². The van der Waals surface area contributed by atoms with Crippen LogP contribution in [0.25, 0.3) is 0 Å². The molecule has 6 heteroatoms. The molecule has 0 bridgehead atoms. The summed E-state index contributed by atoms with van der Waals surface area (Å²) in [4.78, 5) is 15.0. The topological polar surface area (TPSA) is 62.8 Å². The minimum Gasteiger partial charge on any atom is -0.469 e. The number of nitro benzene ring substituents is 1. The van der Waals surface area contributed by atoms with Gasteiger partial charge in [-0.15, -0.1) is 0 Å². The molecule has 1 aliphatic heterocycles. The van der Waals surface area contributed by atoms with E-state index in [0.717, 1.165) is 44.2 Å². The zero-order chi connectivity index (χ0) is 15.5. The monoisotopic (exact) mass is 301 g/mol. The zero-order valence-corrected chi connectivity index (χ0v) is 12.6. The first-order chi connectivity index (χ1) is 10.6. The molecule has 1 aliphatic rings. The van der Waals surface area contributed by atoms with Gasteiger partial charge in [0.1, 0.15) is 5.76 Å². The van der Waals surface area contributed by atoms with Crippen LogP contribution in [-0.2, 0) is 6.54 Å². The van der Waals surface area contributed by atoms with Crippen LogP contribution in [0, 0.1) is 17.0 Å². The second-order valence-corrected chi connectivity index (χ2v) is 5.54. The van der Waals surface area contributed by atoms with Crippen molar-refractivity contribution in [3.63, 3.8) is 0 Å². The van der Waals surface area contributed by atoms with Crippen LogP contribution in [0.4, 0.5) is 11.4 Å². The molecule has 1 aromatic heterocycles. The summed E-state index contributed by atoms with van der Waals surface area (Å²) in [6.45, 7) is 6.70. The molecule has 0 spiro atoms. The first-order valence-electron chi connectivity index (χ1n) is 7.38. The number of non-ortho nitro benzene ring substituents is 1. The maximum absolute atomic E-state index is 10.7. The number of benzene rings is 1. The Morgan fingerprint density at radius 3 is 2.36 bits per heavy atom. The molecule has 116 valence electrons. The molecule has 0 aliphatic carbocycles. The lowest BCUT2D eigenvalue weighted by Gasteiger charge is -2.36. The molecule has 2 heterocycles. The normalized spacial score (nSPS) is 16.0. The first kappa shape index (κ1) is 14.6. The third-order valence-corrected chi connectivity index (χ3v) is 4.16. The fourth-order valence-electron chi connectivity index (χ4n) is 2.77. The third kappa shape index (κ3) is 3.12. The summed E-state index contributed by atoms with van der Waals surface area (Å²) in [6.07, 6.45) is 1.73. The fraction of sp³-hybridized carbons (Fsp3) is 0.375. The van der Waals surface area contributed by atoms with Crippen molar-refractivity contribution >= 4 is 11.4 Å². The Bertz CT molecular complexity index is 643. The second kappa shape index (κ2) is 6.19. The molecule has 3 rings (SSSR count). The smallest absolute Gasteiger partial charge is 0.269 e. The van der Waals surface area contributed by atoms with E-state index in [2.05, 4.69) is 9.80 Å². The molecular formula is C16H19N3O3. The Hall–Kier alpha value is -2.34. The van der Waals surface area contributed by atoms with Crippen molar-refractivity contribution in [2.45, 2.75) is 13.5 Å². The lowest BCUT2D eigenvalue weighted by Crippen LogP contribution is -2.45. The standard InChI is InChI=1S/C16H19N3O3/c1-13-14(6-11-22-13)12-17-7-9-18(10-8-17)15-2-4-16(5-3-15)19(20)21/h2-6,11H,7-10,12H2,1H3. The van der Waals surface area contributed by atoms with E-state index in [9.17, 15) is 10.1 Å². The Morgan fingerprint density at radius 2 is 1.82 bits per heavy atom. The molecule has 2 aromatic rings. The summed E-state index contributed by atoms with van der Waals surface area (Å²) in [7, 11) is 0. The number of hydrogen-bond donors (Lipinski definition) is 0. The number of rotatable bonds is 4. The van der Waals surface area contributed by atoms with Gasteiger partial charge in [-0.1, -0.05) is 0 Å². The highest BCUT2D eigenvalue weighted by atomic mass is 16.6. The van der Waals surface area contributed by atoms with E-state index in [1.54, 1.807) is 18.4 Å². The van der Waals surface area contributed by atoms with Gasteiger partial charge in [0.05, 0.1) is 11.2 Å². The molecule has 0 unspecified atom stereocenters. The number of piperazine rings is 1. The van der Waals surface area contributed by atoms with Crippen molar-refractivity contribution in [1.82, 2.24) is 4.90 Å². The van der Waals surface area contributed by atoms with Gasteiger partial charge in [0.15, 0.2) is 0 Å². The van der Waals surface area contributed by atoms with Gasteiger partial charge in [0.25, 0.3) is 5.69 Å². The molecule has 0 amide bonds. The summed E-state index contributed by atoms with van der Waals surface area (Å²) in [5.41, 5.74) is 2.42. The largest absolute Gasteiger partial charge is 0.469 e. The van der Waals surface area contributed by atoms with Gasteiger partial charge in [-0.25, -0.2) is 0 Å². The van der Waals surface area contributed by atoms with Crippen molar-refractivity contribution in [3.8, 4) is 0 Å². The summed E-state index contributed by atoms with van der Waals surface area (Å²) in [5, 5.41) is 10.7. The Labute approximate surface area is 129 Å². The highest BCUT2D eigenvalue weighted by molar-refractivity contribution is 5.51. The van der Waals surface area contributed by atoms with Crippen LogP contribution < -0.4 is 4.90 Å². The molecule has 6 nitrogen and oxygen atoms in total. The summed E-state index contributed by atoms with van der Waals surface area (Å²) >= 11 is 0.